The third kappa shape index (κ3) is 4.41. The summed E-state index contributed by atoms with van der Waals surface area (Å²) in [4.78, 5) is 13.9. The molecule has 1 aliphatic heterocycles. The van der Waals surface area contributed by atoms with Crippen molar-refractivity contribution in [2.45, 2.75) is 6.92 Å². The fourth-order valence-corrected chi connectivity index (χ4v) is 3.82. The highest BCUT2D eigenvalue weighted by Gasteiger charge is 2.29. The van der Waals surface area contributed by atoms with Gasteiger partial charge in [-0.2, -0.15) is 8.42 Å². The minimum Gasteiger partial charge on any atom is -0.490 e. The Kier molecular flexibility index (Phi) is 5.79. The molecule has 0 unspecified atom stereocenters. The Morgan fingerprint density at radius 3 is 2.58 bits per heavy atom. The van der Waals surface area contributed by atoms with Gasteiger partial charge in [-0.05, 0) is 30.7 Å². The second kappa shape index (κ2) is 7.30. The summed E-state index contributed by atoms with van der Waals surface area (Å²) in [5, 5.41) is 0.0598. The zero-order valence-corrected chi connectivity index (χ0v) is 16.2. The first-order chi connectivity index (χ1) is 11.1. The second-order valence-corrected chi connectivity index (χ2v) is 8.45. The molecule has 2 rings (SSSR count). The van der Waals surface area contributed by atoms with E-state index in [0.717, 1.165) is 6.26 Å². The maximum atomic E-state index is 12.1. The molecule has 1 fully saturated rings. The van der Waals surface area contributed by atoms with Crippen molar-refractivity contribution in [2.75, 3.05) is 19.9 Å². The molecule has 130 valence electrons. The number of benzene rings is 1. The minimum absolute atomic E-state index is 0.0598. The van der Waals surface area contributed by atoms with Crippen LogP contribution < -0.4 is 8.92 Å². The molecule has 0 aliphatic carbocycles. The number of thioether (sulfide) groups is 1. The number of amides is 1. The summed E-state index contributed by atoms with van der Waals surface area (Å²) in [7, 11) is -2.16. The molecule has 1 aromatic carbocycles. The Balaban J connectivity index is 2.47. The van der Waals surface area contributed by atoms with Crippen LogP contribution in [-0.2, 0) is 14.9 Å². The van der Waals surface area contributed by atoms with Gasteiger partial charge < -0.3 is 8.92 Å². The SMILES string of the molecule is CCOc1cc(/C=C2/SC(=S)N(C)C2=O)cc(Cl)c1OS(C)(=O)=O. The third-order valence-corrected chi connectivity index (χ3v) is 5.09. The van der Waals surface area contributed by atoms with Crippen molar-refractivity contribution in [3.8, 4) is 11.5 Å². The van der Waals surface area contributed by atoms with Crippen molar-refractivity contribution >= 4 is 62.0 Å². The predicted molar refractivity (Wildman–Crippen MR) is 99.0 cm³/mol. The van der Waals surface area contributed by atoms with Crippen molar-refractivity contribution in [2.24, 2.45) is 0 Å². The standard InChI is InChI=1S/C14H14ClNO5S3/c1-4-20-10-6-8(5-9(15)12(10)21-24(3,18)19)7-11-13(17)16(2)14(22)23-11/h5-7H,4H2,1-3H3/b11-7+. The maximum Gasteiger partial charge on any atom is 0.306 e. The molecule has 1 aromatic rings. The largest absolute Gasteiger partial charge is 0.490 e. The molecule has 0 saturated carbocycles. The summed E-state index contributed by atoms with van der Waals surface area (Å²) < 4.78 is 33.5. The molecule has 24 heavy (non-hydrogen) atoms. The molecule has 0 spiro atoms. The van der Waals surface area contributed by atoms with Crippen molar-refractivity contribution in [3.63, 3.8) is 0 Å². The van der Waals surface area contributed by atoms with E-state index in [2.05, 4.69) is 0 Å². The maximum absolute atomic E-state index is 12.1. The summed E-state index contributed by atoms with van der Waals surface area (Å²) in [5.74, 6) is -0.120. The summed E-state index contributed by atoms with van der Waals surface area (Å²) in [5.41, 5.74) is 0.568. The van der Waals surface area contributed by atoms with Crippen LogP contribution in [0.4, 0.5) is 0 Å². The monoisotopic (exact) mass is 407 g/mol. The normalized spacial score (nSPS) is 16.8. The minimum atomic E-state index is -3.76. The molecule has 0 bridgehead atoms. The second-order valence-electron chi connectivity index (χ2n) is 4.79. The highest BCUT2D eigenvalue weighted by atomic mass is 35.5. The lowest BCUT2D eigenvalue weighted by atomic mass is 10.2. The quantitative estimate of drug-likeness (QED) is 0.422. The number of carbonyl (C=O) groups excluding carboxylic acids is 1. The molecule has 1 aliphatic rings. The zero-order chi connectivity index (χ0) is 18.1. The van der Waals surface area contributed by atoms with Crippen molar-refractivity contribution in [1.82, 2.24) is 4.90 Å². The van der Waals surface area contributed by atoms with E-state index in [-0.39, 0.29) is 29.0 Å². The smallest absolute Gasteiger partial charge is 0.306 e. The van der Waals surface area contributed by atoms with E-state index in [9.17, 15) is 13.2 Å². The Bertz CT molecular complexity index is 835. The summed E-state index contributed by atoms with van der Waals surface area (Å²) in [6.45, 7) is 2.03. The van der Waals surface area contributed by atoms with E-state index < -0.39 is 10.1 Å². The van der Waals surface area contributed by atoms with Crippen LogP contribution in [0.15, 0.2) is 17.0 Å². The lowest BCUT2D eigenvalue weighted by Crippen LogP contribution is -2.22. The molecule has 1 amide bonds. The third-order valence-electron chi connectivity index (χ3n) is 2.85. The molecule has 1 heterocycles. The van der Waals surface area contributed by atoms with Crippen LogP contribution in [0.2, 0.25) is 5.02 Å². The van der Waals surface area contributed by atoms with Crippen LogP contribution in [-0.4, -0.2) is 43.5 Å². The Hall–Kier alpha value is -1.29. The van der Waals surface area contributed by atoms with E-state index >= 15 is 0 Å². The average molecular weight is 408 g/mol. The molecular weight excluding hydrogens is 394 g/mol. The van der Waals surface area contributed by atoms with Crippen LogP contribution in [0.5, 0.6) is 11.5 Å². The van der Waals surface area contributed by atoms with E-state index in [0.29, 0.717) is 14.8 Å². The topological polar surface area (TPSA) is 72.9 Å². The van der Waals surface area contributed by atoms with Gasteiger partial charge in [0.2, 0.25) is 5.75 Å². The van der Waals surface area contributed by atoms with Gasteiger partial charge >= 0.3 is 10.1 Å². The van der Waals surface area contributed by atoms with Gasteiger partial charge in [0, 0.05) is 7.05 Å². The van der Waals surface area contributed by atoms with Crippen LogP contribution in [0.25, 0.3) is 6.08 Å². The Labute approximate surface area is 154 Å². The number of halogens is 1. The van der Waals surface area contributed by atoms with Crippen molar-refractivity contribution in [3.05, 3.63) is 27.6 Å². The summed E-state index contributed by atoms with van der Waals surface area (Å²) in [6.07, 6.45) is 2.53. The van der Waals surface area contributed by atoms with Crippen LogP contribution >= 0.6 is 35.6 Å². The number of carbonyl (C=O) groups is 1. The van der Waals surface area contributed by atoms with Crippen LogP contribution in [0.3, 0.4) is 0 Å². The Morgan fingerprint density at radius 2 is 2.08 bits per heavy atom. The highest BCUT2D eigenvalue weighted by molar-refractivity contribution is 8.26. The number of hydrogen-bond donors (Lipinski definition) is 0. The van der Waals surface area contributed by atoms with Crippen LogP contribution in [0.1, 0.15) is 12.5 Å². The zero-order valence-electron chi connectivity index (χ0n) is 13.0. The number of thiocarbonyl (C=S) groups is 1. The number of hydrogen-bond acceptors (Lipinski definition) is 7. The van der Waals surface area contributed by atoms with E-state index in [4.69, 9.17) is 32.7 Å². The van der Waals surface area contributed by atoms with Crippen molar-refractivity contribution < 1.29 is 22.1 Å². The number of nitrogens with zero attached hydrogens (tertiary/aromatic N) is 1. The van der Waals surface area contributed by atoms with Gasteiger partial charge in [0.1, 0.15) is 4.32 Å². The predicted octanol–water partition coefficient (Wildman–Crippen LogP) is 2.91. The Morgan fingerprint density at radius 1 is 1.42 bits per heavy atom. The molecule has 0 radical (unpaired) electrons. The first-order valence-electron chi connectivity index (χ1n) is 6.69. The van der Waals surface area contributed by atoms with E-state index in [1.54, 1.807) is 26.1 Å². The first-order valence-corrected chi connectivity index (χ1v) is 10.1. The van der Waals surface area contributed by atoms with Gasteiger partial charge in [-0.25, -0.2) is 0 Å². The van der Waals surface area contributed by atoms with E-state index in [1.165, 1.54) is 22.7 Å². The fraction of sp³-hybridized carbons (Fsp3) is 0.286. The van der Waals surface area contributed by atoms with Crippen LogP contribution in [0, 0.1) is 0 Å². The first kappa shape index (κ1) is 19.0. The molecule has 1 saturated heterocycles. The van der Waals surface area contributed by atoms with Gasteiger partial charge in [-0.15, -0.1) is 0 Å². The van der Waals surface area contributed by atoms with Gasteiger partial charge in [0.25, 0.3) is 5.91 Å². The van der Waals surface area contributed by atoms with Gasteiger partial charge in [-0.3, -0.25) is 9.69 Å². The highest BCUT2D eigenvalue weighted by Crippen LogP contribution is 2.39. The summed E-state index contributed by atoms with van der Waals surface area (Å²) >= 11 is 12.4. The van der Waals surface area contributed by atoms with Crippen molar-refractivity contribution in [1.29, 1.82) is 0 Å². The number of ether oxygens (including phenoxy) is 1. The molecule has 0 atom stereocenters. The van der Waals surface area contributed by atoms with Gasteiger partial charge in [0.05, 0.1) is 22.8 Å². The lowest BCUT2D eigenvalue weighted by Gasteiger charge is -2.13. The lowest BCUT2D eigenvalue weighted by molar-refractivity contribution is -0.121. The number of rotatable bonds is 5. The average Bonchev–Trinajstić information content (AvgIpc) is 2.69. The molecule has 0 aromatic heterocycles. The van der Waals surface area contributed by atoms with Gasteiger partial charge in [0.15, 0.2) is 5.75 Å². The fourth-order valence-electron chi connectivity index (χ4n) is 1.86. The molecule has 10 heteroatoms. The summed E-state index contributed by atoms with van der Waals surface area (Å²) in [6, 6.07) is 3.05. The van der Waals surface area contributed by atoms with E-state index in [1.807, 2.05) is 0 Å². The molecule has 6 nitrogen and oxygen atoms in total. The molecule has 0 N–H and O–H groups in total. The number of likely N-dealkylation sites (N-methyl/N-ethyl adjacent to an activating group) is 1. The van der Waals surface area contributed by atoms with Gasteiger partial charge in [-0.1, -0.05) is 35.6 Å². The molecular formula is C14H14ClNO5S3.